The monoisotopic (exact) mass is 148 g/mol. The van der Waals surface area contributed by atoms with E-state index in [4.69, 9.17) is 11.2 Å². The number of hydrogen-bond donors (Lipinski definition) is 1. The molecule has 0 fully saturated rings. The third-order valence-corrected chi connectivity index (χ3v) is 1.37. The molecule has 1 aromatic rings. The Labute approximate surface area is 65.4 Å². The first-order valence-corrected chi connectivity index (χ1v) is 3.12. The molecule has 0 heterocycles. The van der Waals surface area contributed by atoms with Crippen LogP contribution in [0.1, 0.15) is 5.56 Å². The van der Waals surface area contributed by atoms with Crippen LogP contribution in [-0.2, 0) is 0 Å². The Morgan fingerprint density at radius 3 is 2.73 bits per heavy atom. The highest BCUT2D eigenvalue weighted by molar-refractivity contribution is 5.53. The molecule has 2 heteroatoms. The maximum absolute atomic E-state index is 9.20. The van der Waals surface area contributed by atoms with Crippen LogP contribution in [0, 0.1) is 12.3 Å². The van der Waals surface area contributed by atoms with Crippen molar-refractivity contribution in [2.75, 3.05) is 7.11 Å². The number of benzene rings is 1. The van der Waals surface area contributed by atoms with Crippen molar-refractivity contribution in [3.05, 3.63) is 23.8 Å². The third kappa shape index (κ3) is 1.27. The summed E-state index contributed by atoms with van der Waals surface area (Å²) in [5.74, 6) is 2.94. The number of aromatic hydroxyl groups is 1. The van der Waals surface area contributed by atoms with Gasteiger partial charge in [0.15, 0.2) is 0 Å². The van der Waals surface area contributed by atoms with E-state index >= 15 is 0 Å². The van der Waals surface area contributed by atoms with Gasteiger partial charge in [-0.2, -0.15) is 0 Å². The molecule has 0 unspecified atom stereocenters. The minimum atomic E-state index is 0.0758. The summed E-state index contributed by atoms with van der Waals surface area (Å²) in [5.41, 5.74) is 0.398. The van der Waals surface area contributed by atoms with Gasteiger partial charge in [0.25, 0.3) is 0 Å². The van der Waals surface area contributed by atoms with E-state index < -0.39 is 0 Å². The second kappa shape index (κ2) is 2.98. The van der Waals surface area contributed by atoms with Crippen LogP contribution in [0.15, 0.2) is 18.2 Å². The summed E-state index contributed by atoms with van der Waals surface area (Å²) in [6, 6.07) is 4.90. The lowest BCUT2D eigenvalue weighted by molar-refractivity contribution is 0.406. The first kappa shape index (κ1) is 7.49. The van der Waals surface area contributed by atoms with Crippen LogP contribution in [-0.4, -0.2) is 12.2 Å². The maximum atomic E-state index is 9.20. The standard InChI is InChI=1S/C9H8O2/c1-3-7-8(10)5-4-6-9(7)11-2/h1,4-6,10H,2H3. The second-order valence-electron chi connectivity index (χ2n) is 2.00. The summed E-state index contributed by atoms with van der Waals surface area (Å²) < 4.78 is 4.91. The molecule has 0 atom stereocenters. The molecular formula is C9H8O2. The van der Waals surface area contributed by atoms with Crippen LogP contribution in [0.4, 0.5) is 0 Å². The highest BCUT2D eigenvalue weighted by Crippen LogP contribution is 2.25. The van der Waals surface area contributed by atoms with E-state index in [9.17, 15) is 5.11 Å². The van der Waals surface area contributed by atoms with E-state index in [2.05, 4.69) is 5.92 Å². The average Bonchev–Trinajstić information content (AvgIpc) is 2.04. The summed E-state index contributed by atoms with van der Waals surface area (Å²) in [6.07, 6.45) is 5.14. The highest BCUT2D eigenvalue weighted by Gasteiger charge is 2.03. The van der Waals surface area contributed by atoms with E-state index in [0.29, 0.717) is 11.3 Å². The molecule has 0 aliphatic heterocycles. The minimum absolute atomic E-state index is 0.0758. The molecule has 0 bridgehead atoms. The van der Waals surface area contributed by atoms with E-state index in [1.807, 2.05) is 0 Å². The Bertz CT molecular complexity index is 297. The molecule has 1 N–H and O–H groups in total. The topological polar surface area (TPSA) is 29.5 Å². The van der Waals surface area contributed by atoms with Gasteiger partial charge in [-0.1, -0.05) is 12.0 Å². The summed E-state index contributed by atoms with van der Waals surface area (Å²) in [7, 11) is 1.51. The Balaban J connectivity index is 3.27. The van der Waals surface area contributed by atoms with Gasteiger partial charge in [-0.25, -0.2) is 0 Å². The third-order valence-electron chi connectivity index (χ3n) is 1.37. The molecule has 2 nitrogen and oxygen atoms in total. The number of phenols is 1. The fourth-order valence-corrected chi connectivity index (χ4v) is 0.835. The number of methoxy groups -OCH3 is 1. The van der Waals surface area contributed by atoms with Crippen LogP contribution < -0.4 is 4.74 Å². The number of rotatable bonds is 1. The maximum Gasteiger partial charge on any atom is 0.138 e. The van der Waals surface area contributed by atoms with Crippen LogP contribution in [0.3, 0.4) is 0 Å². The van der Waals surface area contributed by atoms with E-state index in [1.54, 1.807) is 12.1 Å². The van der Waals surface area contributed by atoms with Gasteiger partial charge in [-0.05, 0) is 12.1 Å². The Kier molecular flexibility index (Phi) is 2.03. The quantitative estimate of drug-likeness (QED) is 0.610. The van der Waals surface area contributed by atoms with Gasteiger partial charge in [0.1, 0.15) is 17.1 Å². The normalized spacial score (nSPS) is 8.73. The zero-order chi connectivity index (χ0) is 8.27. The summed E-state index contributed by atoms with van der Waals surface area (Å²) in [5, 5.41) is 9.20. The second-order valence-corrected chi connectivity index (χ2v) is 2.00. The molecule has 0 aliphatic carbocycles. The minimum Gasteiger partial charge on any atom is -0.507 e. The van der Waals surface area contributed by atoms with Crippen LogP contribution in [0.25, 0.3) is 0 Å². The molecule has 1 aromatic carbocycles. The molecule has 0 spiro atoms. The summed E-state index contributed by atoms with van der Waals surface area (Å²) in [6.45, 7) is 0. The van der Waals surface area contributed by atoms with Crippen molar-refractivity contribution >= 4 is 0 Å². The fraction of sp³-hybridized carbons (Fsp3) is 0.111. The molecule has 1 rings (SSSR count). The van der Waals surface area contributed by atoms with E-state index in [-0.39, 0.29) is 5.75 Å². The first-order chi connectivity index (χ1) is 5.29. The molecule has 0 aromatic heterocycles. The van der Waals surface area contributed by atoms with Crippen molar-refractivity contribution in [1.82, 2.24) is 0 Å². The highest BCUT2D eigenvalue weighted by atomic mass is 16.5. The zero-order valence-electron chi connectivity index (χ0n) is 6.16. The molecule has 11 heavy (non-hydrogen) atoms. The molecule has 0 saturated carbocycles. The molecule has 0 saturated heterocycles. The average molecular weight is 148 g/mol. The van der Waals surface area contributed by atoms with Crippen molar-refractivity contribution in [2.45, 2.75) is 0 Å². The smallest absolute Gasteiger partial charge is 0.138 e. The van der Waals surface area contributed by atoms with E-state index in [1.165, 1.54) is 13.2 Å². The van der Waals surface area contributed by atoms with Gasteiger partial charge in [0, 0.05) is 0 Å². The first-order valence-electron chi connectivity index (χ1n) is 3.12. The molecule has 0 aliphatic rings. The van der Waals surface area contributed by atoms with Gasteiger partial charge in [0.2, 0.25) is 0 Å². The fourth-order valence-electron chi connectivity index (χ4n) is 0.835. The van der Waals surface area contributed by atoms with Crippen LogP contribution >= 0.6 is 0 Å². The Hall–Kier alpha value is -1.62. The van der Waals surface area contributed by atoms with Crippen molar-refractivity contribution in [3.8, 4) is 23.8 Å². The lowest BCUT2D eigenvalue weighted by Crippen LogP contribution is -1.86. The van der Waals surface area contributed by atoms with E-state index in [0.717, 1.165) is 0 Å². The Morgan fingerprint density at radius 2 is 2.27 bits per heavy atom. The van der Waals surface area contributed by atoms with Gasteiger partial charge < -0.3 is 9.84 Å². The largest absolute Gasteiger partial charge is 0.507 e. The summed E-state index contributed by atoms with van der Waals surface area (Å²) in [4.78, 5) is 0. The molecular weight excluding hydrogens is 140 g/mol. The van der Waals surface area contributed by atoms with Crippen molar-refractivity contribution in [2.24, 2.45) is 0 Å². The number of hydrogen-bond acceptors (Lipinski definition) is 2. The molecule has 0 amide bonds. The Morgan fingerprint density at radius 1 is 1.55 bits per heavy atom. The lowest BCUT2D eigenvalue weighted by Gasteiger charge is -2.03. The SMILES string of the molecule is C#Cc1c(O)cccc1OC. The van der Waals surface area contributed by atoms with Crippen molar-refractivity contribution in [1.29, 1.82) is 0 Å². The summed E-state index contributed by atoms with van der Waals surface area (Å²) >= 11 is 0. The predicted octanol–water partition coefficient (Wildman–Crippen LogP) is 1.38. The number of ether oxygens (including phenoxy) is 1. The number of terminal acetylenes is 1. The van der Waals surface area contributed by atoms with Crippen molar-refractivity contribution in [3.63, 3.8) is 0 Å². The molecule has 56 valence electrons. The van der Waals surface area contributed by atoms with Crippen LogP contribution in [0.5, 0.6) is 11.5 Å². The lowest BCUT2D eigenvalue weighted by atomic mass is 10.2. The van der Waals surface area contributed by atoms with Gasteiger partial charge in [0.05, 0.1) is 7.11 Å². The zero-order valence-corrected chi connectivity index (χ0v) is 6.16. The van der Waals surface area contributed by atoms with Gasteiger partial charge in [-0.15, -0.1) is 6.42 Å². The predicted molar refractivity (Wildman–Crippen MR) is 42.6 cm³/mol. The molecule has 0 radical (unpaired) electrons. The van der Waals surface area contributed by atoms with Crippen LogP contribution in [0.2, 0.25) is 0 Å². The van der Waals surface area contributed by atoms with Gasteiger partial charge in [-0.3, -0.25) is 0 Å². The van der Waals surface area contributed by atoms with Gasteiger partial charge >= 0.3 is 0 Å². The van der Waals surface area contributed by atoms with Crippen molar-refractivity contribution < 1.29 is 9.84 Å². The number of phenolic OH excluding ortho intramolecular Hbond substituents is 1.